The molecule has 0 saturated carbocycles. The molecule has 0 fully saturated rings. The third-order valence-corrected chi connectivity index (χ3v) is 2.97. The maximum absolute atomic E-state index is 10.9. The highest BCUT2D eigenvalue weighted by molar-refractivity contribution is 5.58. The summed E-state index contributed by atoms with van der Waals surface area (Å²) in [6.45, 7) is 3.37. The zero-order valence-electron chi connectivity index (χ0n) is 11.4. The van der Waals surface area contributed by atoms with Crippen molar-refractivity contribution in [2.24, 2.45) is 0 Å². The van der Waals surface area contributed by atoms with Crippen molar-refractivity contribution >= 4 is 11.4 Å². The fourth-order valence-corrected chi connectivity index (χ4v) is 1.92. The molecule has 7 heteroatoms. The van der Waals surface area contributed by atoms with E-state index in [0.717, 1.165) is 12.4 Å². The van der Waals surface area contributed by atoms with E-state index in [0.29, 0.717) is 12.2 Å². The van der Waals surface area contributed by atoms with E-state index in [1.807, 2.05) is 17.7 Å². The highest BCUT2D eigenvalue weighted by atomic mass is 16.6. The number of methoxy groups -OCH3 is 1. The molecule has 0 aliphatic carbocycles. The maximum atomic E-state index is 10.9. The number of imidazole rings is 1. The van der Waals surface area contributed by atoms with Gasteiger partial charge in [-0.25, -0.2) is 4.98 Å². The quantitative estimate of drug-likeness (QED) is 0.647. The van der Waals surface area contributed by atoms with Gasteiger partial charge in [-0.2, -0.15) is 0 Å². The Hall–Kier alpha value is -2.57. The lowest BCUT2D eigenvalue weighted by Gasteiger charge is -2.09. The van der Waals surface area contributed by atoms with Crippen molar-refractivity contribution in [3.8, 4) is 5.75 Å². The fourth-order valence-electron chi connectivity index (χ4n) is 1.92. The van der Waals surface area contributed by atoms with Gasteiger partial charge < -0.3 is 14.6 Å². The Kier molecular flexibility index (Phi) is 4.19. The molecule has 0 amide bonds. The van der Waals surface area contributed by atoms with Gasteiger partial charge in [-0.3, -0.25) is 10.1 Å². The highest BCUT2D eigenvalue weighted by Crippen LogP contribution is 2.29. The second kappa shape index (κ2) is 6.05. The summed E-state index contributed by atoms with van der Waals surface area (Å²) in [4.78, 5) is 14.7. The first-order chi connectivity index (χ1) is 9.65. The minimum atomic E-state index is -0.461. The topological polar surface area (TPSA) is 82.2 Å². The molecule has 0 aliphatic rings. The molecule has 106 valence electrons. The molecular weight excluding hydrogens is 260 g/mol. The molecule has 1 heterocycles. The van der Waals surface area contributed by atoms with Crippen LogP contribution in [0.1, 0.15) is 12.7 Å². The van der Waals surface area contributed by atoms with Crippen LogP contribution in [0.15, 0.2) is 30.6 Å². The summed E-state index contributed by atoms with van der Waals surface area (Å²) >= 11 is 0. The first-order valence-electron chi connectivity index (χ1n) is 6.22. The first kappa shape index (κ1) is 13.9. The van der Waals surface area contributed by atoms with Crippen molar-refractivity contribution in [3.63, 3.8) is 0 Å². The van der Waals surface area contributed by atoms with Crippen molar-refractivity contribution in [2.75, 3.05) is 12.4 Å². The lowest BCUT2D eigenvalue weighted by molar-refractivity contribution is -0.385. The minimum Gasteiger partial charge on any atom is -0.490 e. The van der Waals surface area contributed by atoms with Crippen molar-refractivity contribution in [3.05, 3.63) is 46.5 Å². The fraction of sp³-hybridized carbons (Fsp3) is 0.308. The van der Waals surface area contributed by atoms with Crippen LogP contribution in [0.4, 0.5) is 11.4 Å². The molecule has 0 saturated heterocycles. The molecule has 7 nitrogen and oxygen atoms in total. The van der Waals surface area contributed by atoms with Crippen molar-refractivity contribution in [1.29, 1.82) is 0 Å². The van der Waals surface area contributed by atoms with Gasteiger partial charge in [0.1, 0.15) is 5.82 Å². The molecule has 1 aromatic carbocycles. The van der Waals surface area contributed by atoms with Gasteiger partial charge in [-0.05, 0) is 19.1 Å². The van der Waals surface area contributed by atoms with Gasteiger partial charge in [0.05, 0.1) is 18.6 Å². The third kappa shape index (κ3) is 2.87. The smallest absolute Gasteiger partial charge is 0.312 e. The number of aryl methyl sites for hydroxylation is 1. The number of benzene rings is 1. The average molecular weight is 276 g/mol. The zero-order chi connectivity index (χ0) is 14.5. The number of nitrogens with zero attached hydrogens (tertiary/aromatic N) is 3. The highest BCUT2D eigenvalue weighted by Gasteiger charge is 2.15. The van der Waals surface area contributed by atoms with E-state index < -0.39 is 4.92 Å². The van der Waals surface area contributed by atoms with Crippen LogP contribution in [0.5, 0.6) is 5.75 Å². The second-order valence-electron chi connectivity index (χ2n) is 4.13. The van der Waals surface area contributed by atoms with Gasteiger partial charge in [-0.1, -0.05) is 0 Å². The largest absolute Gasteiger partial charge is 0.490 e. The lowest BCUT2D eigenvalue weighted by atomic mass is 10.2. The van der Waals surface area contributed by atoms with Crippen molar-refractivity contribution in [2.45, 2.75) is 20.0 Å². The number of hydrogen-bond acceptors (Lipinski definition) is 5. The Morgan fingerprint density at radius 3 is 2.95 bits per heavy atom. The number of hydrogen-bond donors (Lipinski definition) is 1. The monoisotopic (exact) mass is 276 g/mol. The van der Waals surface area contributed by atoms with E-state index in [4.69, 9.17) is 4.74 Å². The predicted octanol–water partition coefficient (Wildman–Crippen LogP) is 2.43. The van der Waals surface area contributed by atoms with Crippen LogP contribution in [0, 0.1) is 10.1 Å². The summed E-state index contributed by atoms with van der Waals surface area (Å²) < 4.78 is 6.97. The van der Waals surface area contributed by atoms with E-state index in [-0.39, 0.29) is 11.4 Å². The zero-order valence-corrected chi connectivity index (χ0v) is 11.4. The predicted molar refractivity (Wildman–Crippen MR) is 74.9 cm³/mol. The van der Waals surface area contributed by atoms with Crippen LogP contribution in [0.2, 0.25) is 0 Å². The Morgan fingerprint density at radius 2 is 2.30 bits per heavy atom. The summed E-state index contributed by atoms with van der Waals surface area (Å²) in [7, 11) is 1.41. The number of ether oxygens (including phenoxy) is 1. The van der Waals surface area contributed by atoms with Gasteiger partial charge in [0.15, 0.2) is 5.75 Å². The standard InChI is InChI=1S/C13H16N4O3/c1-3-16-7-6-14-13(16)9-15-10-4-5-12(20-2)11(8-10)17(18)19/h4-8,15H,3,9H2,1-2H3. The molecule has 2 rings (SSSR count). The second-order valence-corrected chi connectivity index (χ2v) is 4.13. The molecule has 1 N–H and O–H groups in total. The average Bonchev–Trinajstić information content (AvgIpc) is 2.92. The van der Waals surface area contributed by atoms with Gasteiger partial charge in [0.2, 0.25) is 0 Å². The van der Waals surface area contributed by atoms with Crippen LogP contribution >= 0.6 is 0 Å². The molecule has 1 aromatic heterocycles. The van der Waals surface area contributed by atoms with Crippen LogP contribution in [-0.4, -0.2) is 21.6 Å². The van der Waals surface area contributed by atoms with Gasteiger partial charge >= 0.3 is 5.69 Å². The number of nitro groups is 1. The summed E-state index contributed by atoms with van der Waals surface area (Å²) in [5.41, 5.74) is 0.597. The number of nitro benzene ring substituents is 1. The number of anilines is 1. The van der Waals surface area contributed by atoms with E-state index in [2.05, 4.69) is 10.3 Å². The van der Waals surface area contributed by atoms with Crippen LogP contribution < -0.4 is 10.1 Å². The van der Waals surface area contributed by atoms with Gasteiger partial charge in [0, 0.05) is 30.7 Å². The first-order valence-corrected chi connectivity index (χ1v) is 6.22. The van der Waals surface area contributed by atoms with Gasteiger partial charge in [-0.15, -0.1) is 0 Å². The van der Waals surface area contributed by atoms with Crippen LogP contribution in [-0.2, 0) is 13.1 Å². The third-order valence-electron chi connectivity index (χ3n) is 2.97. The van der Waals surface area contributed by atoms with E-state index in [9.17, 15) is 10.1 Å². The van der Waals surface area contributed by atoms with Crippen LogP contribution in [0.3, 0.4) is 0 Å². The van der Waals surface area contributed by atoms with E-state index in [1.165, 1.54) is 13.2 Å². The maximum Gasteiger partial charge on any atom is 0.312 e. The van der Waals surface area contributed by atoms with Crippen molar-refractivity contribution < 1.29 is 9.66 Å². The molecule has 2 aromatic rings. The summed E-state index contributed by atoms with van der Waals surface area (Å²) in [5, 5.41) is 14.1. The van der Waals surface area contributed by atoms with Crippen LogP contribution in [0.25, 0.3) is 0 Å². The van der Waals surface area contributed by atoms with Crippen molar-refractivity contribution in [1.82, 2.24) is 9.55 Å². The lowest BCUT2D eigenvalue weighted by Crippen LogP contribution is -2.07. The molecule has 0 bridgehead atoms. The molecule has 20 heavy (non-hydrogen) atoms. The molecule has 0 aliphatic heterocycles. The molecule has 0 radical (unpaired) electrons. The molecule has 0 atom stereocenters. The molecule has 0 spiro atoms. The number of rotatable bonds is 6. The Balaban J connectivity index is 2.14. The Morgan fingerprint density at radius 1 is 1.50 bits per heavy atom. The van der Waals surface area contributed by atoms with E-state index in [1.54, 1.807) is 18.3 Å². The molecule has 0 unspecified atom stereocenters. The van der Waals surface area contributed by atoms with Gasteiger partial charge in [0.25, 0.3) is 0 Å². The summed E-state index contributed by atoms with van der Waals surface area (Å²) in [5.74, 6) is 1.13. The minimum absolute atomic E-state index is 0.0590. The van der Waals surface area contributed by atoms with E-state index >= 15 is 0 Å². The summed E-state index contributed by atoms with van der Waals surface area (Å²) in [6, 6.07) is 4.77. The normalized spacial score (nSPS) is 10.3. The molecular formula is C13H16N4O3. The number of nitrogens with one attached hydrogen (secondary N) is 1. The summed E-state index contributed by atoms with van der Waals surface area (Å²) in [6.07, 6.45) is 3.63. The SMILES string of the molecule is CCn1ccnc1CNc1ccc(OC)c([N+](=O)[O-])c1. The Labute approximate surface area is 116 Å². The number of aromatic nitrogens is 2. The Bertz CT molecular complexity index is 609.